The first-order chi connectivity index (χ1) is 9.31. The second kappa shape index (κ2) is 6.70. The third-order valence-electron chi connectivity index (χ3n) is 2.60. The van der Waals surface area contributed by atoms with Gasteiger partial charge in [0.1, 0.15) is 17.5 Å². The molecule has 1 aromatic heterocycles. The van der Waals surface area contributed by atoms with Crippen LogP contribution < -0.4 is 9.47 Å². The average Bonchev–Trinajstić information content (AvgIpc) is 2.48. The Morgan fingerprint density at radius 3 is 2.63 bits per heavy atom. The van der Waals surface area contributed by atoms with Crippen molar-refractivity contribution in [3.05, 3.63) is 48.4 Å². The first-order valence-electron chi connectivity index (χ1n) is 6.02. The molecule has 19 heavy (non-hydrogen) atoms. The summed E-state index contributed by atoms with van der Waals surface area (Å²) < 4.78 is 10.6. The molecule has 0 bridgehead atoms. The fraction of sp³-hybridized carbons (Fsp3) is 0.286. The summed E-state index contributed by atoms with van der Waals surface area (Å²) in [6, 6.07) is 9.46. The molecule has 5 nitrogen and oxygen atoms in total. The summed E-state index contributed by atoms with van der Waals surface area (Å²) in [7, 11) is 1.50. The molecule has 100 valence electrons. The van der Waals surface area contributed by atoms with E-state index in [1.54, 1.807) is 0 Å². The number of aromatic nitrogens is 2. The number of aliphatic hydroxyl groups excluding tert-OH is 1. The summed E-state index contributed by atoms with van der Waals surface area (Å²) in [5.74, 6) is 1.12. The molecule has 1 N–H and O–H groups in total. The van der Waals surface area contributed by atoms with Gasteiger partial charge in [0.05, 0.1) is 13.7 Å². The van der Waals surface area contributed by atoms with Crippen LogP contribution in [0.25, 0.3) is 0 Å². The molecule has 1 unspecified atom stereocenters. The lowest BCUT2D eigenvalue weighted by atomic mass is 10.2. The summed E-state index contributed by atoms with van der Waals surface area (Å²) in [5, 5.41) is 10.0. The zero-order chi connectivity index (χ0) is 13.5. The first kappa shape index (κ1) is 13.3. The fourth-order valence-corrected chi connectivity index (χ4v) is 1.66. The quantitative estimate of drug-likeness (QED) is 0.860. The van der Waals surface area contributed by atoms with E-state index in [9.17, 15) is 5.11 Å². The zero-order valence-electron chi connectivity index (χ0n) is 10.7. The lowest BCUT2D eigenvalue weighted by molar-refractivity contribution is 0.132. The van der Waals surface area contributed by atoms with E-state index in [-0.39, 0.29) is 0 Å². The van der Waals surface area contributed by atoms with Crippen molar-refractivity contribution >= 4 is 0 Å². The van der Waals surface area contributed by atoms with Gasteiger partial charge in [-0.05, 0) is 12.1 Å². The number of para-hydroxylation sites is 1. The van der Waals surface area contributed by atoms with Crippen LogP contribution in [-0.4, -0.2) is 28.8 Å². The van der Waals surface area contributed by atoms with Crippen molar-refractivity contribution in [2.75, 3.05) is 13.7 Å². The summed E-state index contributed by atoms with van der Waals surface area (Å²) in [4.78, 5) is 8.08. The highest BCUT2D eigenvalue weighted by atomic mass is 16.5. The van der Waals surface area contributed by atoms with Gasteiger partial charge in [-0.2, -0.15) is 0 Å². The van der Waals surface area contributed by atoms with E-state index < -0.39 is 6.10 Å². The zero-order valence-corrected chi connectivity index (χ0v) is 10.7. The van der Waals surface area contributed by atoms with Gasteiger partial charge in [-0.3, -0.25) is 4.98 Å². The summed E-state index contributed by atoms with van der Waals surface area (Å²) in [6.07, 6.45) is 2.71. The van der Waals surface area contributed by atoms with Crippen LogP contribution in [0.1, 0.15) is 18.2 Å². The van der Waals surface area contributed by atoms with Gasteiger partial charge in [0, 0.05) is 18.8 Å². The van der Waals surface area contributed by atoms with Gasteiger partial charge in [-0.25, -0.2) is 4.98 Å². The highest BCUT2D eigenvalue weighted by Crippen LogP contribution is 2.22. The highest BCUT2D eigenvalue weighted by Gasteiger charge is 2.15. The Kier molecular flexibility index (Phi) is 4.69. The predicted molar refractivity (Wildman–Crippen MR) is 70.1 cm³/mol. The van der Waals surface area contributed by atoms with Gasteiger partial charge >= 0.3 is 0 Å². The Labute approximate surface area is 111 Å². The molecule has 0 aliphatic carbocycles. The highest BCUT2D eigenvalue weighted by molar-refractivity contribution is 5.21. The molecule has 0 saturated heterocycles. The lowest BCUT2D eigenvalue weighted by Crippen LogP contribution is -2.09. The number of aliphatic hydroxyl groups is 1. The van der Waals surface area contributed by atoms with E-state index in [0.717, 1.165) is 5.75 Å². The first-order valence-corrected chi connectivity index (χ1v) is 6.02. The Hall–Kier alpha value is -2.14. The van der Waals surface area contributed by atoms with E-state index in [2.05, 4.69) is 9.97 Å². The number of rotatable bonds is 6. The van der Waals surface area contributed by atoms with Crippen molar-refractivity contribution in [3.63, 3.8) is 0 Å². The third kappa shape index (κ3) is 3.66. The minimum absolute atomic E-state index is 0.342. The number of hydrogen-bond donors (Lipinski definition) is 1. The molecule has 1 aromatic carbocycles. The normalized spacial score (nSPS) is 11.9. The molecule has 0 amide bonds. The van der Waals surface area contributed by atoms with Crippen LogP contribution in [0.5, 0.6) is 11.6 Å². The summed E-state index contributed by atoms with van der Waals surface area (Å²) in [5.41, 5.74) is 0.432. The smallest absolute Gasteiger partial charge is 0.238 e. The maximum absolute atomic E-state index is 10.0. The molecule has 1 heterocycles. The van der Waals surface area contributed by atoms with E-state index in [1.165, 1.54) is 19.5 Å². The number of nitrogens with zero attached hydrogens (tertiary/aromatic N) is 2. The van der Waals surface area contributed by atoms with Crippen molar-refractivity contribution in [2.24, 2.45) is 0 Å². The van der Waals surface area contributed by atoms with Gasteiger partial charge in [-0.1, -0.05) is 18.2 Å². The molecule has 0 fully saturated rings. The van der Waals surface area contributed by atoms with Gasteiger partial charge in [0.15, 0.2) is 0 Å². The molecular weight excluding hydrogens is 244 g/mol. The van der Waals surface area contributed by atoms with Crippen LogP contribution in [0, 0.1) is 0 Å². The van der Waals surface area contributed by atoms with Crippen molar-refractivity contribution < 1.29 is 14.6 Å². The third-order valence-corrected chi connectivity index (χ3v) is 2.60. The molecule has 0 aliphatic rings. The molecular formula is C14H16N2O3. The van der Waals surface area contributed by atoms with E-state index in [1.807, 2.05) is 30.3 Å². The molecule has 2 rings (SSSR count). The SMILES string of the molecule is COc1nccnc1C(O)CCOc1ccccc1. The minimum Gasteiger partial charge on any atom is -0.493 e. The van der Waals surface area contributed by atoms with Crippen LogP contribution in [0.2, 0.25) is 0 Å². The second-order valence-corrected chi connectivity index (χ2v) is 3.92. The Morgan fingerprint density at radius 2 is 1.89 bits per heavy atom. The topological polar surface area (TPSA) is 64.5 Å². The van der Waals surface area contributed by atoms with Crippen molar-refractivity contribution in [1.82, 2.24) is 9.97 Å². The van der Waals surface area contributed by atoms with Crippen molar-refractivity contribution in [1.29, 1.82) is 0 Å². The summed E-state index contributed by atoms with van der Waals surface area (Å²) >= 11 is 0. The largest absolute Gasteiger partial charge is 0.493 e. The maximum Gasteiger partial charge on any atom is 0.238 e. The predicted octanol–water partition coefficient (Wildman–Crippen LogP) is 1.99. The van der Waals surface area contributed by atoms with Crippen LogP contribution in [0.3, 0.4) is 0 Å². The van der Waals surface area contributed by atoms with Gasteiger partial charge < -0.3 is 14.6 Å². The summed E-state index contributed by atoms with van der Waals surface area (Å²) in [6.45, 7) is 0.394. The second-order valence-electron chi connectivity index (χ2n) is 3.92. The van der Waals surface area contributed by atoms with Gasteiger partial charge in [-0.15, -0.1) is 0 Å². The molecule has 0 radical (unpaired) electrons. The Balaban J connectivity index is 1.89. The van der Waals surface area contributed by atoms with Crippen molar-refractivity contribution in [2.45, 2.75) is 12.5 Å². The Bertz CT molecular complexity index is 505. The lowest BCUT2D eigenvalue weighted by Gasteiger charge is -2.13. The molecule has 0 saturated carbocycles. The van der Waals surface area contributed by atoms with E-state index in [4.69, 9.17) is 9.47 Å². The van der Waals surface area contributed by atoms with Crippen LogP contribution in [0.15, 0.2) is 42.7 Å². The molecule has 1 atom stereocenters. The number of methoxy groups -OCH3 is 1. The number of ether oxygens (including phenoxy) is 2. The van der Waals surface area contributed by atoms with Gasteiger partial charge in [0.25, 0.3) is 0 Å². The van der Waals surface area contributed by atoms with Crippen LogP contribution in [0.4, 0.5) is 0 Å². The van der Waals surface area contributed by atoms with E-state index in [0.29, 0.717) is 24.6 Å². The molecule has 5 heteroatoms. The Morgan fingerprint density at radius 1 is 1.16 bits per heavy atom. The number of hydrogen-bond acceptors (Lipinski definition) is 5. The van der Waals surface area contributed by atoms with Crippen molar-refractivity contribution in [3.8, 4) is 11.6 Å². The standard InChI is InChI=1S/C14H16N2O3/c1-18-14-13(15-8-9-16-14)12(17)7-10-19-11-5-3-2-4-6-11/h2-6,8-9,12,17H,7,10H2,1H3. The monoisotopic (exact) mass is 260 g/mol. The average molecular weight is 260 g/mol. The minimum atomic E-state index is -0.757. The number of benzene rings is 1. The van der Waals surface area contributed by atoms with Gasteiger partial charge in [0.2, 0.25) is 5.88 Å². The van der Waals surface area contributed by atoms with Crippen LogP contribution in [-0.2, 0) is 0 Å². The molecule has 2 aromatic rings. The fourth-order valence-electron chi connectivity index (χ4n) is 1.66. The maximum atomic E-state index is 10.0. The van der Waals surface area contributed by atoms with E-state index >= 15 is 0 Å². The molecule has 0 aliphatic heterocycles. The molecule has 0 spiro atoms. The van der Waals surface area contributed by atoms with Crippen LogP contribution >= 0.6 is 0 Å².